The molecular weight excluding hydrogens is 416 g/mol. The van der Waals surface area contributed by atoms with Crippen molar-refractivity contribution < 1.29 is 5.11 Å². The lowest BCUT2D eigenvalue weighted by molar-refractivity contribution is 0.188. The van der Waals surface area contributed by atoms with E-state index in [1.807, 2.05) is 38.2 Å². The second kappa shape index (κ2) is 12.3. The first kappa shape index (κ1) is 27.0. The number of hydrogen-bond donors (Lipinski definition) is 2. The summed E-state index contributed by atoms with van der Waals surface area (Å²) in [5, 5.41) is 22.4. The van der Waals surface area contributed by atoms with E-state index >= 15 is 0 Å². The molecule has 0 heterocycles. The highest BCUT2D eigenvalue weighted by molar-refractivity contribution is 5.83. The fourth-order valence-corrected chi connectivity index (χ4v) is 4.59. The molecule has 0 aliphatic carbocycles. The zero-order valence-corrected chi connectivity index (χ0v) is 21.3. The van der Waals surface area contributed by atoms with E-state index in [1.54, 1.807) is 0 Å². The van der Waals surface area contributed by atoms with Gasteiger partial charge in [0.15, 0.2) is 0 Å². The number of nitrogens with zero attached hydrogens (tertiary/aromatic N) is 1. The Labute approximate surface area is 206 Å². The summed E-state index contributed by atoms with van der Waals surface area (Å²) in [6.07, 6.45) is 12.2. The third-order valence-corrected chi connectivity index (χ3v) is 6.74. The van der Waals surface area contributed by atoms with Crippen LogP contribution in [-0.2, 0) is 11.8 Å². The molecule has 0 fully saturated rings. The molecule has 0 spiro atoms. The van der Waals surface area contributed by atoms with Crippen molar-refractivity contribution in [2.75, 3.05) is 19.0 Å². The van der Waals surface area contributed by atoms with Crippen LogP contribution in [0.25, 0.3) is 5.57 Å². The van der Waals surface area contributed by atoms with Crippen molar-refractivity contribution >= 4 is 11.3 Å². The van der Waals surface area contributed by atoms with Gasteiger partial charge in [0.2, 0.25) is 0 Å². The van der Waals surface area contributed by atoms with Gasteiger partial charge in [-0.2, -0.15) is 5.26 Å². The van der Waals surface area contributed by atoms with Crippen LogP contribution in [0.3, 0.4) is 0 Å². The molecule has 0 radical (unpaired) electrons. The minimum absolute atomic E-state index is 0.0320. The molecule has 2 aromatic rings. The second-order valence-corrected chi connectivity index (χ2v) is 9.45. The van der Waals surface area contributed by atoms with E-state index in [0.29, 0.717) is 0 Å². The predicted octanol–water partition coefficient (Wildman–Crippen LogP) is 6.66. The van der Waals surface area contributed by atoms with E-state index in [0.717, 1.165) is 41.6 Å². The second-order valence-electron chi connectivity index (χ2n) is 9.45. The molecular formula is C31H38N2O. The molecule has 0 aromatic heterocycles. The van der Waals surface area contributed by atoms with Crippen LogP contribution < -0.4 is 5.32 Å². The minimum atomic E-state index is -0.257. The van der Waals surface area contributed by atoms with Crippen molar-refractivity contribution in [3.8, 4) is 18.4 Å². The van der Waals surface area contributed by atoms with Crippen molar-refractivity contribution in [3.05, 3.63) is 82.9 Å². The fraction of sp³-hybridized carbons (Fsp3) is 0.387. The standard InChI is InChI=1S/C31H38N2O/c1-8-23-14-16-30(33-7)28(17-23)25(9-2)19-31(5,6)29-18-24(12-11-22(29)4)13-15-27(20-32)26(10-3)21-34/h1,9,11-12,14,16-19,26-27,33-34H,2,10,13,15,21H2,3-7H3/b25-19+. The summed E-state index contributed by atoms with van der Waals surface area (Å²) in [4.78, 5) is 0. The summed E-state index contributed by atoms with van der Waals surface area (Å²) in [6.45, 7) is 12.7. The van der Waals surface area contributed by atoms with Crippen molar-refractivity contribution in [2.24, 2.45) is 11.8 Å². The van der Waals surface area contributed by atoms with Crippen LogP contribution in [-0.4, -0.2) is 18.8 Å². The van der Waals surface area contributed by atoms with Crippen LogP contribution in [0.15, 0.2) is 55.1 Å². The number of nitrogens with one attached hydrogen (secondary N) is 1. The predicted molar refractivity (Wildman–Crippen MR) is 145 cm³/mol. The third-order valence-electron chi connectivity index (χ3n) is 6.74. The third kappa shape index (κ3) is 6.40. The number of allylic oxidation sites excluding steroid dienone is 3. The van der Waals surface area contributed by atoms with Gasteiger partial charge in [-0.25, -0.2) is 0 Å². The lowest BCUT2D eigenvalue weighted by Gasteiger charge is -2.26. The maximum absolute atomic E-state index is 9.60. The van der Waals surface area contributed by atoms with Gasteiger partial charge >= 0.3 is 0 Å². The van der Waals surface area contributed by atoms with Crippen LogP contribution in [0, 0.1) is 42.4 Å². The number of aliphatic hydroxyl groups excluding tert-OH is 1. The maximum Gasteiger partial charge on any atom is 0.0659 e. The molecule has 3 heteroatoms. The van der Waals surface area contributed by atoms with Gasteiger partial charge in [0.05, 0.1) is 12.0 Å². The van der Waals surface area contributed by atoms with Crippen LogP contribution >= 0.6 is 0 Å². The average molecular weight is 455 g/mol. The SMILES string of the molecule is C#Cc1ccc(NC)c(/C(C=C)=C/C(C)(C)c2cc(CCC(C#N)C(CC)CO)ccc2C)c1. The molecule has 0 aliphatic heterocycles. The quantitative estimate of drug-likeness (QED) is 0.295. The van der Waals surface area contributed by atoms with Gasteiger partial charge in [-0.05, 0) is 72.6 Å². The summed E-state index contributed by atoms with van der Waals surface area (Å²) < 4.78 is 0. The zero-order chi connectivity index (χ0) is 25.3. The Morgan fingerprint density at radius 3 is 2.56 bits per heavy atom. The molecule has 0 amide bonds. The van der Waals surface area contributed by atoms with Crippen molar-refractivity contribution in [1.82, 2.24) is 0 Å². The Balaban J connectivity index is 2.42. The van der Waals surface area contributed by atoms with Crippen molar-refractivity contribution in [3.63, 3.8) is 0 Å². The monoisotopic (exact) mass is 454 g/mol. The molecule has 2 N–H and O–H groups in total. The highest BCUT2D eigenvalue weighted by Gasteiger charge is 2.23. The number of anilines is 1. The van der Waals surface area contributed by atoms with Crippen LogP contribution in [0.2, 0.25) is 0 Å². The van der Waals surface area contributed by atoms with E-state index in [-0.39, 0.29) is 23.9 Å². The Morgan fingerprint density at radius 2 is 2.00 bits per heavy atom. The van der Waals surface area contributed by atoms with E-state index in [2.05, 4.69) is 68.9 Å². The Hall–Kier alpha value is -3.27. The van der Waals surface area contributed by atoms with Crippen molar-refractivity contribution in [2.45, 2.75) is 52.4 Å². The minimum Gasteiger partial charge on any atom is -0.396 e. The molecule has 178 valence electrons. The highest BCUT2D eigenvalue weighted by atomic mass is 16.3. The van der Waals surface area contributed by atoms with Crippen LogP contribution in [0.5, 0.6) is 0 Å². The van der Waals surface area contributed by atoms with E-state index < -0.39 is 0 Å². The number of aryl methyl sites for hydroxylation is 2. The number of benzene rings is 2. The summed E-state index contributed by atoms with van der Waals surface area (Å²) >= 11 is 0. The molecule has 34 heavy (non-hydrogen) atoms. The smallest absolute Gasteiger partial charge is 0.0659 e. The Kier molecular flexibility index (Phi) is 9.73. The first-order chi connectivity index (χ1) is 16.2. The summed E-state index contributed by atoms with van der Waals surface area (Å²) in [5.74, 6) is 2.62. The van der Waals surface area contributed by atoms with Gasteiger partial charge in [0, 0.05) is 35.9 Å². The molecule has 3 nitrogen and oxygen atoms in total. The van der Waals surface area contributed by atoms with Crippen molar-refractivity contribution in [1.29, 1.82) is 5.26 Å². The van der Waals surface area contributed by atoms with Gasteiger partial charge in [-0.3, -0.25) is 0 Å². The molecule has 2 atom stereocenters. The van der Waals surface area contributed by atoms with Gasteiger partial charge in [-0.15, -0.1) is 6.42 Å². The van der Waals surface area contributed by atoms with E-state index in [9.17, 15) is 10.4 Å². The average Bonchev–Trinajstić information content (AvgIpc) is 2.85. The summed E-state index contributed by atoms with van der Waals surface area (Å²) in [7, 11) is 1.91. The lowest BCUT2D eigenvalue weighted by Crippen LogP contribution is -2.18. The van der Waals surface area contributed by atoms with Gasteiger partial charge in [-0.1, -0.05) is 63.6 Å². The molecule has 0 bridgehead atoms. The zero-order valence-electron chi connectivity index (χ0n) is 21.3. The molecule has 2 rings (SSSR count). The number of terminal acetylenes is 1. The topological polar surface area (TPSA) is 56.0 Å². The van der Waals surface area contributed by atoms with Gasteiger partial charge in [0.25, 0.3) is 0 Å². The fourth-order valence-electron chi connectivity index (χ4n) is 4.59. The number of rotatable bonds is 11. The van der Waals surface area contributed by atoms with E-state index in [4.69, 9.17) is 6.42 Å². The van der Waals surface area contributed by atoms with Gasteiger partial charge < -0.3 is 10.4 Å². The Bertz CT molecular complexity index is 1110. The number of hydrogen-bond acceptors (Lipinski definition) is 3. The molecule has 2 unspecified atom stereocenters. The molecule has 0 saturated carbocycles. The molecule has 2 aromatic carbocycles. The lowest BCUT2D eigenvalue weighted by atomic mass is 9.78. The summed E-state index contributed by atoms with van der Waals surface area (Å²) in [6, 6.07) is 14.9. The number of nitriles is 1. The largest absolute Gasteiger partial charge is 0.396 e. The molecule has 0 saturated heterocycles. The molecule has 0 aliphatic rings. The Morgan fingerprint density at radius 1 is 1.26 bits per heavy atom. The first-order valence-electron chi connectivity index (χ1n) is 12.0. The maximum atomic E-state index is 9.60. The summed E-state index contributed by atoms with van der Waals surface area (Å²) in [5.41, 5.74) is 7.30. The van der Waals surface area contributed by atoms with Crippen LogP contribution in [0.1, 0.15) is 61.4 Å². The van der Waals surface area contributed by atoms with Gasteiger partial charge in [0.1, 0.15) is 0 Å². The normalized spacial score (nSPS) is 13.5. The van der Waals surface area contributed by atoms with E-state index in [1.165, 1.54) is 16.7 Å². The highest BCUT2D eigenvalue weighted by Crippen LogP contribution is 2.35. The number of aliphatic hydroxyl groups is 1. The first-order valence-corrected chi connectivity index (χ1v) is 12.0. The van der Waals surface area contributed by atoms with Crippen LogP contribution in [0.4, 0.5) is 5.69 Å².